The molecule has 0 spiro atoms. The van der Waals surface area contributed by atoms with Crippen LogP contribution in [0.25, 0.3) is 11.1 Å². The number of benzene rings is 1. The second-order valence-electron chi connectivity index (χ2n) is 4.73. The van der Waals surface area contributed by atoms with E-state index < -0.39 is 0 Å². The van der Waals surface area contributed by atoms with Crippen molar-refractivity contribution in [3.05, 3.63) is 45.9 Å². The van der Waals surface area contributed by atoms with E-state index >= 15 is 0 Å². The molecule has 0 amide bonds. The van der Waals surface area contributed by atoms with Gasteiger partial charge in [-0.05, 0) is 33.3 Å². The Labute approximate surface area is 101 Å². The highest BCUT2D eigenvalue weighted by atomic mass is 16.1. The first-order chi connectivity index (χ1) is 8.00. The van der Waals surface area contributed by atoms with Gasteiger partial charge in [0.05, 0.1) is 5.56 Å². The lowest BCUT2D eigenvalue weighted by Gasteiger charge is -2.09. The lowest BCUT2D eigenvalue weighted by Crippen LogP contribution is -2.08. The zero-order valence-electron chi connectivity index (χ0n) is 10.7. The largest absolute Gasteiger partial charge is 0.286 e. The van der Waals surface area contributed by atoms with Crippen LogP contribution >= 0.6 is 0 Å². The van der Waals surface area contributed by atoms with Crippen molar-refractivity contribution >= 4 is 0 Å². The van der Waals surface area contributed by atoms with Gasteiger partial charge in [-0.3, -0.25) is 14.6 Å². The quantitative estimate of drug-likeness (QED) is 0.846. The molecule has 0 saturated heterocycles. The Morgan fingerprint density at radius 1 is 1.12 bits per heavy atom. The Hall–Kier alpha value is -1.77. The molecular formula is C14H18N2O. The van der Waals surface area contributed by atoms with Crippen molar-refractivity contribution < 1.29 is 0 Å². The summed E-state index contributed by atoms with van der Waals surface area (Å²) in [7, 11) is 0. The molecule has 1 N–H and O–H groups in total. The summed E-state index contributed by atoms with van der Waals surface area (Å²) in [5.41, 5.74) is 3.94. The van der Waals surface area contributed by atoms with Crippen LogP contribution in [0, 0.1) is 13.8 Å². The summed E-state index contributed by atoms with van der Waals surface area (Å²) in [6.07, 6.45) is 0. The highest BCUT2D eigenvalue weighted by Crippen LogP contribution is 2.21. The molecule has 0 aliphatic heterocycles. The van der Waals surface area contributed by atoms with Gasteiger partial charge < -0.3 is 0 Å². The number of aromatic nitrogens is 2. The number of aromatic amines is 1. The lowest BCUT2D eigenvalue weighted by atomic mass is 10.1. The van der Waals surface area contributed by atoms with Crippen molar-refractivity contribution in [3.8, 4) is 11.1 Å². The molecule has 0 atom stereocenters. The van der Waals surface area contributed by atoms with Crippen molar-refractivity contribution in [2.24, 2.45) is 0 Å². The summed E-state index contributed by atoms with van der Waals surface area (Å²) in [4.78, 5) is 12.0. The fourth-order valence-electron chi connectivity index (χ4n) is 2.11. The fourth-order valence-corrected chi connectivity index (χ4v) is 2.11. The summed E-state index contributed by atoms with van der Waals surface area (Å²) < 4.78 is 1.91. The number of aryl methyl sites for hydroxylation is 1. The number of H-pyrrole nitrogens is 1. The third-order valence-electron chi connectivity index (χ3n) is 3.03. The van der Waals surface area contributed by atoms with Crippen molar-refractivity contribution in [2.45, 2.75) is 33.7 Å². The van der Waals surface area contributed by atoms with Crippen molar-refractivity contribution in [3.63, 3.8) is 0 Å². The molecule has 0 fully saturated rings. The van der Waals surface area contributed by atoms with Crippen LogP contribution in [-0.4, -0.2) is 9.78 Å². The average Bonchev–Trinajstić information content (AvgIpc) is 2.56. The molecule has 3 nitrogen and oxygen atoms in total. The van der Waals surface area contributed by atoms with Gasteiger partial charge in [0, 0.05) is 11.7 Å². The molecule has 2 aromatic rings. The van der Waals surface area contributed by atoms with E-state index in [0.29, 0.717) is 0 Å². The SMILES string of the molecule is Cc1ccc(-c2c(C)n(C(C)C)[nH]c2=O)cc1. The van der Waals surface area contributed by atoms with Gasteiger partial charge >= 0.3 is 0 Å². The van der Waals surface area contributed by atoms with Crippen molar-refractivity contribution in [2.75, 3.05) is 0 Å². The van der Waals surface area contributed by atoms with Gasteiger partial charge in [0.25, 0.3) is 5.56 Å². The van der Waals surface area contributed by atoms with E-state index in [1.165, 1.54) is 5.56 Å². The molecular weight excluding hydrogens is 212 g/mol. The second-order valence-corrected chi connectivity index (χ2v) is 4.73. The minimum absolute atomic E-state index is 0.0138. The minimum Gasteiger partial charge on any atom is -0.286 e. The molecule has 0 aliphatic rings. The molecule has 2 rings (SSSR count). The number of nitrogens with one attached hydrogen (secondary N) is 1. The minimum atomic E-state index is -0.0138. The summed E-state index contributed by atoms with van der Waals surface area (Å²) >= 11 is 0. The van der Waals surface area contributed by atoms with Gasteiger partial charge in [-0.25, -0.2) is 0 Å². The molecule has 1 heterocycles. The fraction of sp³-hybridized carbons (Fsp3) is 0.357. The van der Waals surface area contributed by atoms with Crippen LogP contribution in [-0.2, 0) is 0 Å². The Morgan fingerprint density at radius 3 is 2.18 bits per heavy atom. The first kappa shape index (κ1) is 11.7. The smallest absolute Gasteiger partial charge is 0.272 e. The zero-order chi connectivity index (χ0) is 12.6. The summed E-state index contributed by atoms with van der Waals surface area (Å²) in [6.45, 7) is 8.14. The Balaban J connectivity index is 2.60. The first-order valence-electron chi connectivity index (χ1n) is 5.89. The van der Waals surface area contributed by atoms with E-state index in [0.717, 1.165) is 16.8 Å². The predicted octanol–water partition coefficient (Wildman–Crippen LogP) is 3.04. The number of rotatable bonds is 2. The van der Waals surface area contributed by atoms with E-state index in [-0.39, 0.29) is 11.6 Å². The molecule has 1 aromatic carbocycles. The Bertz CT molecular complexity index is 573. The molecule has 0 unspecified atom stereocenters. The molecule has 3 heteroatoms. The summed E-state index contributed by atoms with van der Waals surface area (Å²) in [5.74, 6) is 0. The van der Waals surface area contributed by atoms with Crippen LogP contribution in [0.15, 0.2) is 29.1 Å². The number of hydrogen-bond donors (Lipinski definition) is 1. The first-order valence-corrected chi connectivity index (χ1v) is 5.89. The third-order valence-corrected chi connectivity index (χ3v) is 3.03. The van der Waals surface area contributed by atoms with E-state index in [1.54, 1.807) is 0 Å². The van der Waals surface area contributed by atoms with E-state index in [1.807, 2.05) is 42.8 Å². The van der Waals surface area contributed by atoms with Gasteiger partial charge in [-0.2, -0.15) is 0 Å². The second kappa shape index (κ2) is 4.24. The zero-order valence-corrected chi connectivity index (χ0v) is 10.7. The average molecular weight is 230 g/mol. The lowest BCUT2D eigenvalue weighted by molar-refractivity contribution is 0.516. The molecule has 1 aromatic heterocycles. The van der Waals surface area contributed by atoms with E-state index in [4.69, 9.17) is 0 Å². The maximum Gasteiger partial charge on any atom is 0.272 e. The summed E-state index contributed by atoms with van der Waals surface area (Å²) in [6, 6.07) is 8.32. The van der Waals surface area contributed by atoms with Crippen LogP contribution in [0.5, 0.6) is 0 Å². The van der Waals surface area contributed by atoms with Crippen LogP contribution < -0.4 is 5.56 Å². The molecule has 90 valence electrons. The van der Waals surface area contributed by atoms with Gasteiger partial charge in [0.15, 0.2) is 0 Å². The third kappa shape index (κ3) is 2.05. The van der Waals surface area contributed by atoms with Crippen molar-refractivity contribution in [1.82, 2.24) is 9.78 Å². The molecule has 17 heavy (non-hydrogen) atoms. The number of nitrogens with zero attached hydrogens (tertiary/aromatic N) is 1. The normalized spacial score (nSPS) is 11.1. The molecule has 0 aliphatic carbocycles. The number of hydrogen-bond acceptors (Lipinski definition) is 1. The van der Waals surface area contributed by atoms with Gasteiger partial charge in [0.2, 0.25) is 0 Å². The standard InChI is InChI=1S/C14H18N2O/c1-9(2)16-11(4)13(14(17)15-16)12-7-5-10(3)6-8-12/h5-9H,1-4H3,(H,15,17). The van der Waals surface area contributed by atoms with Crippen molar-refractivity contribution in [1.29, 1.82) is 0 Å². The van der Waals surface area contributed by atoms with E-state index in [2.05, 4.69) is 18.9 Å². The van der Waals surface area contributed by atoms with Crippen LogP contribution in [0.2, 0.25) is 0 Å². The van der Waals surface area contributed by atoms with E-state index in [9.17, 15) is 4.79 Å². The molecule has 0 radical (unpaired) electrons. The predicted molar refractivity (Wildman–Crippen MR) is 70.3 cm³/mol. The van der Waals surface area contributed by atoms with Crippen LogP contribution in [0.1, 0.15) is 31.1 Å². The maximum absolute atomic E-state index is 12.0. The van der Waals surface area contributed by atoms with Gasteiger partial charge in [-0.15, -0.1) is 0 Å². The topological polar surface area (TPSA) is 37.8 Å². The summed E-state index contributed by atoms with van der Waals surface area (Å²) in [5, 5.41) is 2.89. The maximum atomic E-state index is 12.0. The molecule has 0 bridgehead atoms. The van der Waals surface area contributed by atoms with Gasteiger partial charge in [0.1, 0.15) is 0 Å². The van der Waals surface area contributed by atoms with Crippen LogP contribution in [0.3, 0.4) is 0 Å². The Kier molecular flexibility index (Phi) is 2.92. The monoisotopic (exact) mass is 230 g/mol. The Morgan fingerprint density at radius 2 is 1.71 bits per heavy atom. The van der Waals surface area contributed by atoms with Gasteiger partial charge in [-0.1, -0.05) is 29.8 Å². The van der Waals surface area contributed by atoms with Crippen LogP contribution in [0.4, 0.5) is 0 Å². The highest BCUT2D eigenvalue weighted by Gasteiger charge is 2.14. The molecule has 0 saturated carbocycles. The highest BCUT2D eigenvalue weighted by molar-refractivity contribution is 5.65.